The minimum absolute atomic E-state index is 0.570. The zero-order valence-corrected chi connectivity index (χ0v) is 10.7. The fourth-order valence-corrected chi connectivity index (χ4v) is 2.36. The van der Waals surface area contributed by atoms with Gasteiger partial charge in [0.2, 0.25) is 5.95 Å². The largest absolute Gasteiger partial charge is 0.323 e. The lowest BCUT2D eigenvalue weighted by Gasteiger charge is -2.05. The second-order valence-corrected chi connectivity index (χ2v) is 5.63. The normalized spacial score (nSPS) is 10.8. The zero-order valence-electron chi connectivity index (χ0n) is 9.90. The highest BCUT2D eigenvalue weighted by atomic mass is 32.2. The molecule has 2 rings (SSSR count). The van der Waals surface area contributed by atoms with Crippen molar-refractivity contribution in [1.82, 2.24) is 9.97 Å². The molecule has 0 aliphatic heterocycles. The molecule has 0 aliphatic rings. The fraction of sp³-hybridized carbons (Fsp3) is 0.250. The van der Waals surface area contributed by atoms with Crippen LogP contribution in [-0.4, -0.2) is 15.2 Å². The first-order chi connectivity index (χ1) is 8.19. The van der Waals surface area contributed by atoms with E-state index in [0.717, 1.165) is 11.3 Å². The van der Waals surface area contributed by atoms with Crippen molar-refractivity contribution in [2.75, 3.05) is 5.43 Å². The molecule has 4 N–H and O–H groups in total. The third-order valence-electron chi connectivity index (χ3n) is 2.25. The Morgan fingerprint density at radius 3 is 2.53 bits per heavy atom. The predicted octanol–water partition coefficient (Wildman–Crippen LogP) is 2.86. The van der Waals surface area contributed by atoms with Crippen LogP contribution in [0, 0.1) is 0 Å². The Kier molecular flexibility index (Phi) is 3.71. The lowest BCUT2D eigenvalue weighted by molar-refractivity contribution is 1.11. The molecule has 0 atom stereocenters. The molecule has 0 fully saturated rings. The minimum Gasteiger partial charge on any atom is -0.323 e. The van der Waals surface area contributed by atoms with Crippen LogP contribution in [0.2, 0.25) is 0 Å². The van der Waals surface area contributed by atoms with Crippen molar-refractivity contribution in [2.45, 2.75) is 24.0 Å². The fourth-order valence-electron chi connectivity index (χ4n) is 1.53. The molecule has 0 aliphatic carbocycles. The number of hydrogen-bond acceptors (Lipinski definition) is 4. The van der Waals surface area contributed by atoms with Gasteiger partial charge in [0, 0.05) is 10.1 Å². The number of nitrogens with two attached hydrogens (primary N) is 1. The summed E-state index contributed by atoms with van der Waals surface area (Å²) < 4.78 is 0. The highest BCUT2D eigenvalue weighted by Crippen LogP contribution is 2.26. The van der Waals surface area contributed by atoms with E-state index in [9.17, 15) is 0 Å². The van der Waals surface area contributed by atoms with Crippen LogP contribution in [0.3, 0.4) is 0 Å². The van der Waals surface area contributed by atoms with E-state index >= 15 is 0 Å². The molecule has 2 aromatic rings. The van der Waals surface area contributed by atoms with Crippen LogP contribution < -0.4 is 11.3 Å². The molecule has 0 unspecified atom stereocenters. The first kappa shape index (κ1) is 12.0. The van der Waals surface area contributed by atoms with E-state index in [4.69, 9.17) is 5.84 Å². The van der Waals surface area contributed by atoms with Gasteiger partial charge in [0.15, 0.2) is 0 Å². The van der Waals surface area contributed by atoms with Crippen molar-refractivity contribution in [3.63, 3.8) is 0 Å². The summed E-state index contributed by atoms with van der Waals surface area (Å²) in [5.74, 6) is 5.84. The number of H-pyrrole nitrogens is 1. The lowest BCUT2D eigenvalue weighted by Crippen LogP contribution is -2.07. The number of aromatic nitrogens is 2. The van der Waals surface area contributed by atoms with E-state index in [1.165, 1.54) is 4.90 Å². The van der Waals surface area contributed by atoms with Crippen molar-refractivity contribution in [2.24, 2.45) is 5.84 Å². The van der Waals surface area contributed by atoms with Gasteiger partial charge in [0.05, 0.1) is 11.9 Å². The van der Waals surface area contributed by atoms with Gasteiger partial charge in [-0.2, -0.15) is 0 Å². The summed E-state index contributed by atoms with van der Waals surface area (Å²) in [7, 11) is 0. The SMILES string of the molecule is CC(C)Sc1ccc(-c2cnc(NN)[nH]2)cc1. The second-order valence-electron chi connectivity index (χ2n) is 3.98. The Labute approximate surface area is 105 Å². The number of hydrogen-bond donors (Lipinski definition) is 3. The monoisotopic (exact) mass is 248 g/mol. The Hall–Kier alpha value is -1.46. The maximum absolute atomic E-state index is 5.27. The number of hydrazine groups is 1. The number of thioether (sulfide) groups is 1. The summed E-state index contributed by atoms with van der Waals surface area (Å²) in [5.41, 5.74) is 4.55. The van der Waals surface area contributed by atoms with Gasteiger partial charge in [-0.05, 0) is 17.7 Å². The summed E-state index contributed by atoms with van der Waals surface area (Å²) in [5, 5.41) is 0.598. The van der Waals surface area contributed by atoms with E-state index < -0.39 is 0 Å². The smallest absolute Gasteiger partial charge is 0.215 e. The Balaban J connectivity index is 2.17. The average Bonchev–Trinajstić information content (AvgIpc) is 2.78. The number of aromatic amines is 1. The minimum atomic E-state index is 0.570. The van der Waals surface area contributed by atoms with Gasteiger partial charge in [0.1, 0.15) is 0 Å². The molecule has 4 nitrogen and oxygen atoms in total. The summed E-state index contributed by atoms with van der Waals surface area (Å²) in [6.07, 6.45) is 1.76. The van der Waals surface area contributed by atoms with Crippen LogP contribution in [0.15, 0.2) is 35.4 Å². The molecule has 5 heteroatoms. The summed E-state index contributed by atoms with van der Waals surface area (Å²) in [4.78, 5) is 8.45. The van der Waals surface area contributed by atoms with Gasteiger partial charge in [0.25, 0.3) is 0 Å². The molecule has 90 valence electrons. The van der Waals surface area contributed by atoms with E-state index in [0.29, 0.717) is 11.2 Å². The van der Waals surface area contributed by atoms with Crippen LogP contribution in [0.25, 0.3) is 11.3 Å². The average molecular weight is 248 g/mol. The Bertz CT molecular complexity index is 476. The molecular weight excluding hydrogens is 232 g/mol. The summed E-state index contributed by atoms with van der Waals surface area (Å²) in [6, 6.07) is 8.41. The second kappa shape index (κ2) is 5.25. The maximum Gasteiger partial charge on any atom is 0.215 e. The predicted molar refractivity (Wildman–Crippen MR) is 72.8 cm³/mol. The van der Waals surface area contributed by atoms with Crippen molar-refractivity contribution >= 4 is 17.7 Å². The van der Waals surface area contributed by atoms with Crippen LogP contribution in [-0.2, 0) is 0 Å². The number of benzene rings is 1. The number of nitrogens with one attached hydrogen (secondary N) is 2. The zero-order chi connectivity index (χ0) is 12.3. The first-order valence-electron chi connectivity index (χ1n) is 5.48. The molecule has 0 amide bonds. The van der Waals surface area contributed by atoms with Crippen molar-refractivity contribution in [1.29, 1.82) is 0 Å². The molecular formula is C12H16N4S. The molecule has 1 aromatic carbocycles. The van der Waals surface area contributed by atoms with Gasteiger partial charge in [-0.15, -0.1) is 11.8 Å². The summed E-state index contributed by atoms with van der Waals surface area (Å²) in [6.45, 7) is 4.37. The van der Waals surface area contributed by atoms with Gasteiger partial charge in [-0.1, -0.05) is 26.0 Å². The molecule has 0 radical (unpaired) electrons. The third kappa shape index (κ3) is 3.01. The topological polar surface area (TPSA) is 66.7 Å². The highest BCUT2D eigenvalue weighted by molar-refractivity contribution is 7.99. The standard InChI is InChI=1S/C12H16N4S/c1-8(2)17-10-5-3-9(4-6-10)11-7-14-12(15-11)16-13/h3-8H,13H2,1-2H3,(H2,14,15,16). The Morgan fingerprint density at radius 1 is 1.29 bits per heavy atom. The van der Waals surface area contributed by atoms with Crippen molar-refractivity contribution < 1.29 is 0 Å². The van der Waals surface area contributed by atoms with Gasteiger partial charge >= 0.3 is 0 Å². The van der Waals surface area contributed by atoms with E-state index in [2.05, 4.69) is 53.5 Å². The molecule has 1 heterocycles. The van der Waals surface area contributed by atoms with E-state index in [1.54, 1.807) is 6.20 Å². The van der Waals surface area contributed by atoms with Crippen LogP contribution in [0.1, 0.15) is 13.8 Å². The number of nitrogens with zero attached hydrogens (tertiary/aromatic N) is 1. The molecule has 1 aromatic heterocycles. The van der Waals surface area contributed by atoms with E-state index in [-0.39, 0.29) is 0 Å². The number of imidazole rings is 1. The van der Waals surface area contributed by atoms with Gasteiger partial charge < -0.3 is 4.98 Å². The molecule has 0 saturated heterocycles. The quantitative estimate of drug-likeness (QED) is 0.442. The van der Waals surface area contributed by atoms with Gasteiger partial charge in [-0.3, -0.25) is 5.43 Å². The molecule has 17 heavy (non-hydrogen) atoms. The molecule has 0 spiro atoms. The molecule has 0 saturated carbocycles. The highest BCUT2D eigenvalue weighted by Gasteiger charge is 2.03. The van der Waals surface area contributed by atoms with E-state index in [1.807, 2.05) is 11.8 Å². The van der Waals surface area contributed by atoms with Crippen LogP contribution >= 0.6 is 11.8 Å². The van der Waals surface area contributed by atoms with Crippen molar-refractivity contribution in [3.05, 3.63) is 30.5 Å². The lowest BCUT2D eigenvalue weighted by atomic mass is 10.2. The van der Waals surface area contributed by atoms with Crippen LogP contribution in [0.4, 0.5) is 5.95 Å². The first-order valence-corrected chi connectivity index (χ1v) is 6.35. The number of rotatable bonds is 4. The number of nitrogen functional groups attached to an aromatic ring is 1. The maximum atomic E-state index is 5.27. The van der Waals surface area contributed by atoms with Crippen LogP contribution in [0.5, 0.6) is 0 Å². The number of anilines is 1. The Morgan fingerprint density at radius 2 is 2.00 bits per heavy atom. The third-order valence-corrected chi connectivity index (χ3v) is 3.27. The van der Waals surface area contributed by atoms with Crippen molar-refractivity contribution in [3.8, 4) is 11.3 Å². The molecule has 0 bridgehead atoms. The summed E-state index contributed by atoms with van der Waals surface area (Å²) >= 11 is 1.85. The van der Waals surface area contributed by atoms with Gasteiger partial charge in [-0.25, -0.2) is 10.8 Å².